The molecule has 0 aliphatic carbocycles. The van der Waals surface area contributed by atoms with Crippen molar-refractivity contribution in [2.45, 2.75) is 32.2 Å². The van der Waals surface area contributed by atoms with Gasteiger partial charge < -0.3 is 9.80 Å². The quantitative estimate of drug-likeness (QED) is 0.809. The van der Waals surface area contributed by atoms with E-state index in [1.165, 1.54) is 25.7 Å². The van der Waals surface area contributed by atoms with Crippen LogP contribution in [0.4, 0.5) is 11.9 Å². The standard InChI is InChI=1S/C16H20ClN5/c1-20-11-12-13(17)7-6-8-14(12)22-15(20)18-19-16(22)21-9-4-2-3-5-10-21/h6-8H,2-5,9-11H2,1H3. The summed E-state index contributed by atoms with van der Waals surface area (Å²) in [6, 6.07) is 6.07. The summed E-state index contributed by atoms with van der Waals surface area (Å²) >= 11 is 6.41. The fraction of sp³-hybridized carbons (Fsp3) is 0.500. The second kappa shape index (κ2) is 5.47. The summed E-state index contributed by atoms with van der Waals surface area (Å²) in [7, 11) is 2.04. The molecule has 6 heteroatoms. The summed E-state index contributed by atoms with van der Waals surface area (Å²) in [5, 5.41) is 9.73. The van der Waals surface area contributed by atoms with Crippen molar-refractivity contribution < 1.29 is 0 Å². The maximum atomic E-state index is 6.41. The number of rotatable bonds is 1. The first kappa shape index (κ1) is 13.9. The Morgan fingerprint density at radius 2 is 1.73 bits per heavy atom. The third kappa shape index (κ3) is 2.15. The molecule has 0 bridgehead atoms. The molecular formula is C16H20ClN5. The Morgan fingerprint density at radius 3 is 2.50 bits per heavy atom. The van der Waals surface area contributed by atoms with Crippen molar-refractivity contribution >= 4 is 23.5 Å². The van der Waals surface area contributed by atoms with Crippen molar-refractivity contribution in [3.63, 3.8) is 0 Å². The maximum absolute atomic E-state index is 6.41. The molecule has 116 valence electrons. The van der Waals surface area contributed by atoms with Crippen LogP contribution in [0, 0.1) is 0 Å². The van der Waals surface area contributed by atoms with E-state index in [1.54, 1.807) is 0 Å². The fourth-order valence-corrected chi connectivity index (χ4v) is 3.66. The molecule has 0 atom stereocenters. The van der Waals surface area contributed by atoms with Crippen LogP contribution in [0.1, 0.15) is 31.2 Å². The van der Waals surface area contributed by atoms with Gasteiger partial charge in [-0.05, 0) is 25.0 Å². The predicted octanol–water partition coefficient (Wildman–Crippen LogP) is 3.25. The molecule has 1 fully saturated rings. The Bertz CT molecular complexity index is 688. The Kier molecular flexibility index (Phi) is 3.45. The topological polar surface area (TPSA) is 37.2 Å². The van der Waals surface area contributed by atoms with E-state index in [0.717, 1.165) is 47.8 Å². The van der Waals surface area contributed by atoms with Gasteiger partial charge in [-0.3, -0.25) is 0 Å². The lowest BCUT2D eigenvalue weighted by Gasteiger charge is -2.30. The van der Waals surface area contributed by atoms with E-state index in [9.17, 15) is 0 Å². The third-order valence-corrected chi connectivity index (χ3v) is 4.94. The van der Waals surface area contributed by atoms with Crippen molar-refractivity contribution in [1.29, 1.82) is 0 Å². The number of hydrogen-bond donors (Lipinski definition) is 0. The van der Waals surface area contributed by atoms with Crippen LogP contribution in [0.2, 0.25) is 5.02 Å². The molecule has 0 amide bonds. The molecule has 2 aliphatic heterocycles. The van der Waals surface area contributed by atoms with Crippen molar-refractivity contribution in [3.05, 3.63) is 28.8 Å². The van der Waals surface area contributed by atoms with E-state index in [0.29, 0.717) is 0 Å². The van der Waals surface area contributed by atoms with Gasteiger partial charge in [0.25, 0.3) is 0 Å². The summed E-state index contributed by atoms with van der Waals surface area (Å²) in [4.78, 5) is 4.48. The van der Waals surface area contributed by atoms with Gasteiger partial charge in [0.2, 0.25) is 11.9 Å². The first-order valence-corrected chi connectivity index (χ1v) is 8.33. The van der Waals surface area contributed by atoms with Crippen LogP contribution >= 0.6 is 11.6 Å². The Labute approximate surface area is 135 Å². The number of nitrogens with zero attached hydrogens (tertiary/aromatic N) is 5. The molecule has 0 radical (unpaired) electrons. The summed E-state index contributed by atoms with van der Waals surface area (Å²) in [5.41, 5.74) is 2.26. The van der Waals surface area contributed by atoms with Gasteiger partial charge in [-0.15, -0.1) is 10.2 Å². The molecule has 0 N–H and O–H groups in total. The zero-order chi connectivity index (χ0) is 15.1. The molecule has 0 spiro atoms. The van der Waals surface area contributed by atoms with Crippen molar-refractivity contribution in [2.75, 3.05) is 29.9 Å². The smallest absolute Gasteiger partial charge is 0.233 e. The molecule has 22 heavy (non-hydrogen) atoms. The zero-order valence-electron chi connectivity index (χ0n) is 12.8. The lowest BCUT2D eigenvalue weighted by atomic mass is 10.1. The van der Waals surface area contributed by atoms with E-state index in [2.05, 4.69) is 30.6 Å². The van der Waals surface area contributed by atoms with E-state index in [4.69, 9.17) is 11.6 Å². The van der Waals surface area contributed by atoms with Crippen molar-refractivity contribution in [2.24, 2.45) is 0 Å². The molecule has 5 nitrogen and oxygen atoms in total. The molecule has 2 aliphatic rings. The van der Waals surface area contributed by atoms with E-state index in [-0.39, 0.29) is 0 Å². The number of fused-ring (bicyclic) bond motifs is 3. The largest absolute Gasteiger partial charge is 0.341 e. The van der Waals surface area contributed by atoms with Crippen LogP contribution in [0.15, 0.2) is 18.2 Å². The van der Waals surface area contributed by atoms with Crippen LogP contribution < -0.4 is 9.80 Å². The number of halogens is 1. The summed E-state index contributed by atoms with van der Waals surface area (Å²) in [5.74, 6) is 1.85. The predicted molar refractivity (Wildman–Crippen MR) is 89.2 cm³/mol. The number of benzene rings is 1. The molecule has 2 aromatic rings. The highest BCUT2D eigenvalue weighted by atomic mass is 35.5. The monoisotopic (exact) mass is 317 g/mol. The van der Waals surface area contributed by atoms with E-state index >= 15 is 0 Å². The SMILES string of the molecule is CN1Cc2c(Cl)cccc2-n2c1nnc2N1CCCCCC1. The van der Waals surface area contributed by atoms with Gasteiger partial charge in [-0.25, -0.2) is 4.57 Å². The molecule has 1 aromatic heterocycles. The van der Waals surface area contributed by atoms with Gasteiger partial charge in [-0.2, -0.15) is 0 Å². The minimum Gasteiger partial charge on any atom is -0.341 e. The number of anilines is 2. The van der Waals surface area contributed by atoms with Crippen molar-refractivity contribution in [3.8, 4) is 5.69 Å². The van der Waals surface area contributed by atoms with Gasteiger partial charge in [0.15, 0.2) is 0 Å². The van der Waals surface area contributed by atoms with Crippen LogP contribution in [0.3, 0.4) is 0 Å². The first-order valence-electron chi connectivity index (χ1n) is 7.95. The molecule has 3 heterocycles. The highest BCUT2D eigenvalue weighted by molar-refractivity contribution is 6.31. The lowest BCUT2D eigenvalue weighted by molar-refractivity contribution is 0.726. The van der Waals surface area contributed by atoms with E-state index in [1.807, 2.05) is 19.2 Å². The second-order valence-corrected chi connectivity index (χ2v) is 6.54. The average molecular weight is 318 g/mol. The van der Waals surface area contributed by atoms with Gasteiger partial charge in [0, 0.05) is 37.3 Å². The second-order valence-electron chi connectivity index (χ2n) is 6.13. The molecule has 0 saturated carbocycles. The molecule has 0 unspecified atom stereocenters. The highest BCUT2D eigenvalue weighted by Gasteiger charge is 2.28. The molecule has 1 aromatic carbocycles. The average Bonchev–Trinajstić information content (AvgIpc) is 2.79. The summed E-state index contributed by atoms with van der Waals surface area (Å²) in [6.07, 6.45) is 5.06. The Balaban J connectivity index is 1.84. The first-order chi connectivity index (χ1) is 10.8. The third-order valence-electron chi connectivity index (χ3n) is 4.59. The van der Waals surface area contributed by atoms with Crippen molar-refractivity contribution in [1.82, 2.24) is 14.8 Å². The van der Waals surface area contributed by atoms with Gasteiger partial charge in [0.1, 0.15) is 0 Å². The number of aromatic nitrogens is 3. The number of hydrogen-bond acceptors (Lipinski definition) is 4. The molecule has 4 rings (SSSR count). The normalized spacial score (nSPS) is 17.9. The van der Waals surface area contributed by atoms with Crippen LogP contribution in [-0.2, 0) is 6.54 Å². The Morgan fingerprint density at radius 1 is 1.00 bits per heavy atom. The minimum absolute atomic E-state index is 0.771. The summed E-state index contributed by atoms with van der Waals surface area (Å²) < 4.78 is 2.16. The molecule has 1 saturated heterocycles. The zero-order valence-corrected chi connectivity index (χ0v) is 13.6. The fourth-order valence-electron chi connectivity index (χ4n) is 3.43. The van der Waals surface area contributed by atoms with Crippen LogP contribution in [-0.4, -0.2) is 34.9 Å². The molecular weight excluding hydrogens is 298 g/mol. The van der Waals surface area contributed by atoms with Crippen LogP contribution in [0.5, 0.6) is 0 Å². The van der Waals surface area contributed by atoms with Gasteiger partial charge >= 0.3 is 0 Å². The maximum Gasteiger partial charge on any atom is 0.233 e. The van der Waals surface area contributed by atoms with Gasteiger partial charge in [0.05, 0.1) is 5.69 Å². The van der Waals surface area contributed by atoms with E-state index < -0.39 is 0 Å². The lowest BCUT2D eigenvalue weighted by Crippen LogP contribution is -2.31. The highest BCUT2D eigenvalue weighted by Crippen LogP contribution is 2.36. The summed E-state index contributed by atoms with van der Waals surface area (Å²) in [6.45, 7) is 2.88. The minimum atomic E-state index is 0.771. The Hall–Kier alpha value is -1.75. The van der Waals surface area contributed by atoms with Gasteiger partial charge in [-0.1, -0.05) is 30.5 Å². The van der Waals surface area contributed by atoms with Crippen LogP contribution in [0.25, 0.3) is 5.69 Å².